The molecule has 19 heavy (non-hydrogen) atoms. The number of phenolic OH excluding ortho intramolecular Hbond substituents is 1. The second-order valence-electron chi connectivity index (χ2n) is 5.50. The normalized spacial score (nSPS) is 19.3. The Morgan fingerprint density at radius 3 is 2.37 bits per heavy atom. The number of phenols is 1. The monoisotopic (exact) mass is 283 g/mol. The maximum atomic E-state index is 11.5. The molecule has 0 bridgehead atoms. The van der Waals surface area contributed by atoms with Gasteiger partial charge in [0.2, 0.25) is 0 Å². The van der Waals surface area contributed by atoms with Crippen molar-refractivity contribution in [3.63, 3.8) is 0 Å². The van der Waals surface area contributed by atoms with E-state index in [0.717, 1.165) is 37.5 Å². The van der Waals surface area contributed by atoms with E-state index in [0.29, 0.717) is 6.54 Å². The van der Waals surface area contributed by atoms with Crippen molar-refractivity contribution < 1.29 is 13.5 Å². The molecule has 0 amide bonds. The zero-order valence-corrected chi connectivity index (χ0v) is 12.0. The first-order valence-corrected chi connectivity index (χ1v) is 8.52. The second-order valence-corrected chi connectivity index (χ2v) is 7.51. The summed E-state index contributed by atoms with van der Waals surface area (Å²) in [6.07, 6.45) is 6.45. The van der Waals surface area contributed by atoms with Gasteiger partial charge in [-0.2, -0.15) is 0 Å². The first kappa shape index (κ1) is 14.3. The van der Waals surface area contributed by atoms with Crippen LogP contribution in [0, 0.1) is 0 Å². The Morgan fingerprint density at radius 2 is 1.89 bits per heavy atom. The van der Waals surface area contributed by atoms with Crippen LogP contribution in [0.25, 0.3) is 0 Å². The van der Waals surface area contributed by atoms with Crippen molar-refractivity contribution in [2.45, 2.75) is 42.4 Å². The lowest BCUT2D eigenvalue weighted by Gasteiger charge is -2.37. The van der Waals surface area contributed by atoms with Gasteiger partial charge in [-0.05, 0) is 25.0 Å². The van der Waals surface area contributed by atoms with Gasteiger partial charge in [-0.25, -0.2) is 8.42 Å². The molecule has 1 aliphatic rings. The standard InChI is InChI=1S/C14H21NO3S/c1-19(17,18)11-5-6-12(13(16)9-11)14(10-15)7-3-2-4-8-14/h5-6,9,16H,2-4,7-8,10,15H2,1H3. The average Bonchev–Trinajstić information content (AvgIpc) is 2.38. The van der Waals surface area contributed by atoms with Crippen LogP contribution < -0.4 is 5.73 Å². The second kappa shape index (κ2) is 5.13. The molecule has 1 saturated carbocycles. The first-order valence-electron chi connectivity index (χ1n) is 6.63. The molecule has 1 aromatic rings. The molecule has 0 aromatic heterocycles. The first-order chi connectivity index (χ1) is 8.89. The molecule has 3 N–H and O–H groups in total. The van der Waals surface area contributed by atoms with E-state index in [4.69, 9.17) is 5.73 Å². The summed E-state index contributed by atoms with van der Waals surface area (Å²) in [5, 5.41) is 10.2. The summed E-state index contributed by atoms with van der Waals surface area (Å²) in [6, 6.07) is 4.64. The van der Waals surface area contributed by atoms with Gasteiger partial charge in [0, 0.05) is 23.8 Å². The van der Waals surface area contributed by atoms with Crippen LogP contribution in [0.4, 0.5) is 0 Å². The van der Waals surface area contributed by atoms with Crippen LogP contribution in [0.3, 0.4) is 0 Å². The van der Waals surface area contributed by atoms with Crippen molar-refractivity contribution in [2.24, 2.45) is 5.73 Å². The predicted molar refractivity (Wildman–Crippen MR) is 75.0 cm³/mol. The van der Waals surface area contributed by atoms with Crippen molar-refractivity contribution in [2.75, 3.05) is 12.8 Å². The smallest absolute Gasteiger partial charge is 0.175 e. The summed E-state index contributed by atoms with van der Waals surface area (Å²) in [7, 11) is -3.29. The molecule has 0 heterocycles. The predicted octanol–water partition coefficient (Wildman–Crippen LogP) is 1.96. The Hall–Kier alpha value is -1.07. The number of sulfone groups is 1. The van der Waals surface area contributed by atoms with Crippen LogP contribution in [0.2, 0.25) is 0 Å². The van der Waals surface area contributed by atoms with Gasteiger partial charge < -0.3 is 10.8 Å². The number of nitrogens with two attached hydrogens (primary N) is 1. The molecule has 0 saturated heterocycles. The Labute approximate surface area is 114 Å². The van der Waals surface area contributed by atoms with Gasteiger partial charge in [0.1, 0.15) is 5.75 Å². The lowest BCUT2D eigenvalue weighted by molar-refractivity contribution is 0.290. The molecule has 1 aromatic carbocycles. The van der Waals surface area contributed by atoms with Crippen LogP contribution in [-0.4, -0.2) is 26.3 Å². The van der Waals surface area contributed by atoms with E-state index >= 15 is 0 Å². The molecule has 0 aliphatic heterocycles. The van der Waals surface area contributed by atoms with E-state index in [1.165, 1.54) is 12.5 Å². The van der Waals surface area contributed by atoms with E-state index in [1.54, 1.807) is 12.1 Å². The van der Waals surface area contributed by atoms with Crippen molar-refractivity contribution in [1.29, 1.82) is 0 Å². The van der Waals surface area contributed by atoms with Gasteiger partial charge in [-0.1, -0.05) is 25.3 Å². The molecule has 5 heteroatoms. The molecule has 0 radical (unpaired) electrons. The number of hydrogen-bond acceptors (Lipinski definition) is 4. The van der Waals surface area contributed by atoms with E-state index in [9.17, 15) is 13.5 Å². The zero-order valence-electron chi connectivity index (χ0n) is 11.2. The molecule has 4 nitrogen and oxygen atoms in total. The summed E-state index contributed by atoms with van der Waals surface area (Å²) in [6.45, 7) is 0.485. The average molecular weight is 283 g/mol. The number of aromatic hydroxyl groups is 1. The Balaban J connectivity index is 2.45. The minimum Gasteiger partial charge on any atom is -0.508 e. The largest absolute Gasteiger partial charge is 0.508 e. The van der Waals surface area contributed by atoms with Gasteiger partial charge in [0.15, 0.2) is 9.84 Å². The highest BCUT2D eigenvalue weighted by atomic mass is 32.2. The molecule has 0 unspecified atom stereocenters. The number of benzene rings is 1. The lowest BCUT2D eigenvalue weighted by atomic mass is 9.69. The van der Waals surface area contributed by atoms with Crippen LogP contribution >= 0.6 is 0 Å². The fourth-order valence-corrected chi connectivity index (χ4v) is 3.64. The lowest BCUT2D eigenvalue weighted by Crippen LogP contribution is -2.37. The fourth-order valence-electron chi connectivity index (χ4n) is 3.00. The highest BCUT2D eigenvalue weighted by Crippen LogP contribution is 2.42. The van der Waals surface area contributed by atoms with E-state index in [2.05, 4.69) is 0 Å². The quantitative estimate of drug-likeness (QED) is 0.888. The summed E-state index contributed by atoms with van der Waals surface area (Å²) in [5.41, 5.74) is 6.53. The maximum Gasteiger partial charge on any atom is 0.175 e. The maximum absolute atomic E-state index is 11.5. The summed E-state index contributed by atoms with van der Waals surface area (Å²) < 4.78 is 23.0. The Morgan fingerprint density at radius 1 is 1.26 bits per heavy atom. The third-order valence-electron chi connectivity index (χ3n) is 4.17. The topological polar surface area (TPSA) is 80.4 Å². The molecule has 2 rings (SSSR count). The van der Waals surface area contributed by atoms with Crippen LogP contribution in [0.15, 0.2) is 23.1 Å². The van der Waals surface area contributed by atoms with Gasteiger partial charge in [0.05, 0.1) is 4.90 Å². The molecule has 0 atom stereocenters. The SMILES string of the molecule is CS(=O)(=O)c1ccc(C2(CN)CCCCC2)c(O)c1. The van der Waals surface area contributed by atoms with E-state index in [-0.39, 0.29) is 16.1 Å². The van der Waals surface area contributed by atoms with Crippen LogP contribution in [0.5, 0.6) is 5.75 Å². The molecular formula is C14H21NO3S. The molecule has 1 aliphatic carbocycles. The van der Waals surface area contributed by atoms with Gasteiger partial charge in [-0.15, -0.1) is 0 Å². The van der Waals surface area contributed by atoms with Crippen molar-refractivity contribution in [1.82, 2.24) is 0 Å². The van der Waals surface area contributed by atoms with Crippen molar-refractivity contribution in [3.8, 4) is 5.75 Å². The zero-order chi connectivity index (χ0) is 14.1. The van der Waals surface area contributed by atoms with Gasteiger partial charge in [0.25, 0.3) is 0 Å². The minimum atomic E-state index is -3.29. The highest BCUT2D eigenvalue weighted by molar-refractivity contribution is 7.90. The Kier molecular flexibility index (Phi) is 3.87. The Bertz CT molecular complexity index is 560. The summed E-state index contributed by atoms with van der Waals surface area (Å²) in [4.78, 5) is 0.150. The molecule has 1 fully saturated rings. The fraction of sp³-hybridized carbons (Fsp3) is 0.571. The summed E-state index contributed by atoms with van der Waals surface area (Å²) in [5.74, 6) is 0.0512. The highest BCUT2D eigenvalue weighted by Gasteiger charge is 2.34. The van der Waals surface area contributed by atoms with Gasteiger partial charge in [-0.3, -0.25) is 0 Å². The molecule has 106 valence electrons. The third-order valence-corrected chi connectivity index (χ3v) is 5.28. The number of hydrogen-bond donors (Lipinski definition) is 2. The third kappa shape index (κ3) is 2.77. The van der Waals surface area contributed by atoms with E-state index < -0.39 is 9.84 Å². The molecular weight excluding hydrogens is 262 g/mol. The molecule has 0 spiro atoms. The van der Waals surface area contributed by atoms with Crippen molar-refractivity contribution in [3.05, 3.63) is 23.8 Å². The van der Waals surface area contributed by atoms with Crippen LogP contribution in [-0.2, 0) is 15.3 Å². The summed E-state index contributed by atoms with van der Waals surface area (Å²) >= 11 is 0. The van der Waals surface area contributed by atoms with Crippen molar-refractivity contribution >= 4 is 9.84 Å². The van der Waals surface area contributed by atoms with E-state index in [1.807, 2.05) is 0 Å². The minimum absolute atomic E-state index is 0.0512. The number of rotatable bonds is 3. The van der Waals surface area contributed by atoms with Crippen LogP contribution in [0.1, 0.15) is 37.7 Å². The van der Waals surface area contributed by atoms with Gasteiger partial charge >= 0.3 is 0 Å².